The topological polar surface area (TPSA) is 54.8 Å². The minimum absolute atomic E-state index is 0.0699. The summed E-state index contributed by atoms with van der Waals surface area (Å²) in [5.74, 6) is -0.868. The van der Waals surface area contributed by atoms with E-state index in [4.69, 9.17) is 4.74 Å². The molecule has 0 fully saturated rings. The van der Waals surface area contributed by atoms with E-state index in [9.17, 15) is 14.0 Å². The number of rotatable bonds is 12. The Morgan fingerprint density at radius 1 is 0.941 bits per heavy atom. The highest BCUT2D eigenvalue weighted by Crippen LogP contribution is 2.13. The molecule has 0 saturated heterocycles. The average molecular weight is 466 g/mol. The molecule has 180 valence electrons. The minimum Gasteiger partial charge on any atom is -0.382 e. The molecule has 0 unspecified atom stereocenters. The number of carbonyl (C=O) groups is 2. The van der Waals surface area contributed by atoms with Crippen LogP contribution in [0.1, 0.15) is 35.0 Å². The van der Waals surface area contributed by atoms with Gasteiger partial charge in [-0.15, -0.1) is 0 Å². The lowest BCUT2D eigenvalue weighted by molar-refractivity contribution is -0.133. The minimum atomic E-state index is -0.410. The first-order valence-corrected chi connectivity index (χ1v) is 11.5. The van der Waals surface area contributed by atoms with Gasteiger partial charge in [-0.2, -0.15) is 0 Å². The Kier molecular flexibility index (Phi) is 9.40. The molecule has 0 aliphatic heterocycles. The van der Waals surface area contributed by atoms with Crippen LogP contribution in [-0.2, 0) is 29.7 Å². The van der Waals surface area contributed by atoms with Gasteiger partial charge in [0.1, 0.15) is 12.4 Å². The van der Waals surface area contributed by atoms with Gasteiger partial charge in [-0.25, -0.2) is 4.39 Å². The van der Waals surface area contributed by atoms with Crippen LogP contribution in [0, 0.1) is 5.82 Å². The molecule has 2 aromatic carbocycles. The van der Waals surface area contributed by atoms with E-state index in [1.165, 1.54) is 29.2 Å². The predicted octanol–water partition coefficient (Wildman–Crippen LogP) is 4.26. The van der Waals surface area contributed by atoms with Crippen molar-refractivity contribution >= 4 is 11.8 Å². The largest absolute Gasteiger partial charge is 0.382 e. The fraction of sp³-hybridized carbons (Fsp3) is 0.333. The van der Waals surface area contributed by atoms with Crippen molar-refractivity contribution in [3.63, 3.8) is 0 Å². The van der Waals surface area contributed by atoms with Gasteiger partial charge in [-0.1, -0.05) is 30.3 Å². The van der Waals surface area contributed by atoms with Gasteiger partial charge in [-0.3, -0.25) is 9.59 Å². The Morgan fingerprint density at radius 3 is 2.32 bits per heavy atom. The third-order valence-corrected chi connectivity index (χ3v) is 5.60. The second-order valence-electron chi connectivity index (χ2n) is 8.13. The monoisotopic (exact) mass is 465 g/mol. The van der Waals surface area contributed by atoms with Crippen LogP contribution in [0.2, 0.25) is 0 Å². The number of amides is 2. The fourth-order valence-electron chi connectivity index (χ4n) is 3.68. The second kappa shape index (κ2) is 12.7. The van der Waals surface area contributed by atoms with Crippen LogP contribution >= 0.6 is 0 Å². The van der Waals surface area contributed by atoms with Gasteiger partial charge in [0.2, 0.25) is 5.91 Å². The lowest BCUT2D eigenvalue weighted by atomic mass is 10.1. The first-order chi connectivity index (χ1) is 16.5. The van der Waals surface area contributed by atoms with Crippen molar-refractivity contribution in [3.8, 4) is 0 Å². The van der Waals surface area contributed by atoms with E-state index in [1.807, 2.05) is 67.2 Å². The van der Waals surface area contributed by atoms with E-state index in [-0.39, 0.29) is 18.4 Å². The number of nitrogens with zero attached hydrogens (tertiary/aromatic N) is 3. The number of aryl methyl sites for hydroxylation is 1. The van der Waals surface area contributed by atoms with Crippen molar-refractivity contribution in [1.82, 2.24) is 14.4 Å². The smallest absolute Gasteiger partial charge is 0.254 e. The van der Waals surface area contributed by atoms with Crippen molar-refractivity contribution in [2.75, 3.05) is 26.3 Å². The van der Waals surface area contributed by atoms with Gasteiger partial charge in [0.15, 0.2) is 0 Å². The highest BCUT2D eigenvalue weighted by atomic mass is 19.1. The van der Waals surface area contributed by atoms with Crippen LogP contribution in [0.4, 0.5) is 4.39 Å². The number of benzene rings is 2. The molecular weight excluding hydrogens is 433 g/mol. The van der Waals surface area contributed by atoms with Crippen molar-refractivity contribution in [3.05, 3.63) is 95.6 Å². The van der Waals surface area contributed by atoms with Gasteiger partial charge in [0, 0.05) is 50.8 Å². The van der Waals surface area contributed by atoms with E-state index in [0.717, 1.165) is 11.3 Å². The molecule has 0 aliphatic carbocycles. The summed E-state index contributed by atoms with van der Waals surface area (Å²) in [6, 6.07) is 19.1. The highest BCUT2D eigenvalue weighted by Gasteiger charge is 2.23. The molecule has 1 heterocycles. The van der Waals surface area contributed by atoms with E-state index in [2.05, 4.69) is 0 Å². The molecule has 0 bridgehead atoms. The zero-order valence-electron chi connectivity index (χ0n) is 19.8. The van der Waals surface area contributed by atoms with Gasteiger partial charge in [-0.05, 0) is 55.3 Å². The van der Waals surface area contributed by atoms with Crippen LogP contribution in [0.5, 0.6) is 0 Å². The molecule has 3 aromatic rings. The van der Waals surface area contributed by atoms with Gasteiger partial charge < -0.3 is 19.1 Å². The zero-order chi connectivity index (χ0) is 24.3. The fourth-order valence-corrected chi connectivity index (χ4v) is 3.68. The van der Waals surface area contributed by atoms with Gasteiger partial charge >= 0.3 is 0 Å². The van der Waals surface area contributed by atoms with Crippen molar-refractivity contribution in [2.24, 2.45) is 7.05 Å². The Labute approximate surface area is 200 Å². The van der Waals surface area contributed by atoms with E-state index in [0.29, 0.717) is 44.8 Å². The Balaban J connectivity index is 1.79. The molecule has 0 atom stereocenters. The number of carbonyl (C=O) groups excluding carboxylic acids is 2. The summed E-state index contributed by atoms with van der Waals surface area (Å²) in [4.78, 5) is 30.0. The number of hydrogen-bond acceptors (Lipinski definition) is 3. The number of ether oxygens (including phenoxy) is 1. The summed E-state index contributed by atoms with van der Waals surface area (Å²) < 4.78 is 20.8. The van der Waals surface area contributed by atoms with Crippen molar-refractivity contribution < 1.29 is 18.7 Å². The van der Waals surface area contributed by atoms with Crippen LogP contribution in [-0.4, -0.2) is 52.5 Å². The number of halogens is 1. The first kappa shape index (κ1) is 25.2. The third kappa shape index (κ3) is 7.28. The Bertz CT molecular complexity index is 1050. The maximum atomic E-state index is 13.5. The third-order valence-electron chi connectivity index (χ3n) is 5.60. The highest BCUT2D eigenvalue weighted by molar-refractivity contribution is 5.96. The molecule has 0 radical (unpaired) electrons. The van der Waals surface area contributed by atoms with Crippen molar-refractivity contribution in [2.45, 2.75) is 26.4 Å². The summed E-state index contributed by atoms with van der Waals surface area (Å²) in [5.41, 5.74) is 2.36. The maximum Gasteiger partial charge on any atom is 0.254 e. The molecule has 1 aromatic heterocycles. The van der Waals surface area contributed by atoms with Gasteiger partial charge in [0.05, 0.1) is 6.54 Å². The zero-order valence-corrected chi connectivity index (χ0v) is 19.8. The standard InChI is InChI=1S/C27H32FN3O3/c1-3-34-18-8-17-30(27(33)23-12-14-24(28)15-13-23)21-26(32)31(19-22-9-5-4-6-10-22)20-25-11-7-16-29(25)2/h4-7,9-16H,3,8,17-21H2,1-2H3. The van der Waals surface area contributed by atoms with Crippen LogP contribution < -0.4 is 0 Å². The van der Waals surface area contributed by atoms with E-state index < -0.39 is 5.82 Å². The summed E-state index contributed by atoms with van der Waals surface area (Å²) in [6.45, 7) is 4.15. The lowest BCUT2D eigenvalue weighted by Gasteiger charge is -2.28. The predicted molar refractivity (Wildman–Crippen MR) is 130 cm³/mol. The summed E-state index contributed by atoms with van der Waals surface area (Å²) in [6.07, 6.45) is 2.54. The average Bonchev–Trinajstić information content (AvgIpc) is 3.25. The maximum absolute atomic E-state index is 13.5. The molecule has 3 rings (SSSR count). The molecule has 7 heteroatoms. The van der Waals surface area contributed by atoms with Crippen LogP contribution in [0.3, 0.4) is 0 Å². The van der Waals surface area contributed by atoms with E-state index in [1.54, 1.807) is 4.90 Å². The lowest BCUT2D eigenvalue weighted by Crippen LogP contribution is -2.43. The van der Waals surface area contributed by atoms with Gasteiger partial charge in [0.25, 0.3) is 5.91 Å². The van der Waals surface area contributed by atoms with Crippen LogP contribution in [0.25, 0.3) is 0 Å². The van der Waals surface area contributed by atoms with Crippen LogP contribution in [0.15, 0.2) is 72.9 Å². The quantitative estimate of drug-likeness (QED) is 0.376. The molecule has 0 saturated carbocycles. The Morgan fingerprint density at radius 2 is 1.68 bits per heavy atom. The molecule has 34 heavy (non-hydrogen) atoms. The molecule has 0 N–H and O–H groups in total. The molecule has 6 nitrogen and oxygen atoms in total. The summed E-state index contributed by atoms with van der Waals surface area (Å²) >= 11 is 0. The number of hydrogen-bond donors (Lipinski definition) is 0. The summed E-state index contributed by atoms with van der Waals surface area (Å²) in [5, 5.41) is 0. The second-order valence-corrected chi connectivity index (χ2v) is 8.13. The summed E-state index contributed by atoms with van der Waals surface area (Å²) in [7, 11) is 1.94. The first-order valence-electron chi connectivity index (χ1n) is 11.5. The molecule has 0 aliphatic rings. The van der Waals surface area contributed by atoms with Crippen molar-refractivity contribution in [1.29, 1.82) is 0 Å². The SMILES string of the molecule is CCOCCCN(CC(=O)N(Cc1ccccc1)Cc1cccn1C)C(=O)c1ccc(F)cc1. The molecular formula is C27H32FN3O3. The number of aromatic nitrogens is 1. The molecule has 0 spiro atoms. The molecule has 2 amide bonds. The normalized spacial score (nSPS) is 10.8. The Hall–Kier alpha value is -3.45. The van der Waals surface area contributed by atoms with E-state index >= 15 is 0 Å².